The molecule has 0 radical (unpaired) electrons. The van der Waals surface area contributed by atoms with Gasteiger partial charge >= 0.3 is 11.7 Å². The first-order chi connectivity index (χ1) is 11.9. The molecule has 0 unspecified atom stereocenters. The number of aromatic nitrogens is 2. The first-order valence-corrected chi connectivity index (χ1v) is 8.45. The van der Waals surface area contributed by atoms with Gasteiger partial charge in [-0.05, 0) is 12.8 Å². The minimum absolute atomic E-state index is 0.0677. The summed E-state index contributed by atoms with van der Waals surface area (Å²) < 4.78 is 6.09. The van der Waals surface area contributed by atoms with Gasteiger partial charge in [-0.25, -0.2) is 4.79 Å². The van der Waals surface area contributed by atoms with E-state index in [0.717, 1.165) is 6.42 Å². The number of hydrogen-bond donors (Lipinski definition) is 2. The van der Waals surface area contributed by atoms with Gasteiger partial charge < -0.3 is 15.4 Å². The third-order valence-electron chi connectivity index (χ3n) is 3.61. The molecule has 0 spiro atoms. The summed E-state index contributed by atoms with van der Waals surface area (Å²) in [4.78, 5) is 51.3. The fourth-order valence-electron chi connectivity index (χ4n) is 2.28. The highest BCUT2D eigenvalue weighted by Crippen LogP contribution is 2.18. The van der Waals surface area contributed by atoms with Crippen LogP contribution in [0.25, 0.3) is 0 Å². The molecule has 3 N–H and O–H groups in total. The summed E-state index contributed by atoms with van der Waals surface area (Å²) in [5.74, 6) is -1.14. The average molecular weight is 354 g/mol. The molecule has 0 bridgehead atoms. The lowest BCUT2D eigenvalue weighted by molar-refractivity contribution is -0.147. The zero-order chi connectivity index (χ0) is 19.0. The van der Waals surface area contributed by atoms with Gasteiger partial charge in [0.05, 0.1) is 0 Å². The van der Waals surface area contributed by atoms with Crippen molar-refractivity contribution in [2.45, 2.75) is 53.0 Å². The molecule has 0 atom stereocenters. The third-order valence-corrected chi connectivity index (χ3v) is 3.61. The smallest absolute Gasteiger partial charge is 0.330 e. The van der Waals surface area contributed by atoms with Gasteiger partial charge in [-0.2, -0.15) is 0 Å². The number of amides is 1. The van der Waals surface area contributed by atoms with Gasteiger partial charge in [-0.3, -0.25) is 23.9 Å². The maximum absolute atomic E-state index is 12.5. The van der Waals surface area contributed by atoms with E-state index in [-0.39, 0.29) is 24.5 Å². The average Bonchev–Trinajstić information content (AvgIpc) is 2.58. The predicted octanol–water partition coefficient (Wildman–Crippen LogP) is 0.615. The number of rotatable bonds is 9. The quantitative estimate of drug-likeness (QED) is 0.626. The van der Waals surface area contributed by atoms with E-state index >= 15 is 0 Å². The van der Waals surface area contributed by atoms with Crippen molar-refractivity contribution >= 4 is 23.4 Å². The molecule has 1 rings (SSSR count). The zero-order valence-electron chi connectivity index (χ0n) is 15.0. The number of aromatic amines is 1. The Kier molecular flexibility index (Phi) is 7.90. The van der Waals surface area contributed by atoms with Crippen molar-refractivity contribution in [3.05, 3.63) is 20.8 Å². The van der Waals surface area contributed by atoms with Crippen LogP contribution >= 0.6 is 0 Å². The van der Waals surface area contributed by atoms with Crippen molar-refractivity contribution in [2.24, 2.45) is 0 Å². The van der Waals surface area contributed by atoms with Crippen LogP contribution < -0.4 is 21.9 Å². The van der Waals surface area contributed by atoms with Crippen molar-refractivity contribution in [3.63, 3.8) is 0 Å². The fourth-order valence-corrected chi connectivity index (χ4v) is 2.28. The Morgan fingerprint density at radius 3 is 2.44 bits per heavy atom. The monoisotopic (exact) mass is 354 g/mol. The number of hydrogen-bond acceptors (Lipinski definition) is 6. The van der Waals surface area contributed by atoms with E-state index in [0.29, 0.717) is 19.4 Å². The maximum Gasteiger partial charge on any atom is 0.330 e. The van der Waals surface area contributed by atoms with Crippen LogP contribution in [0.5, 0.6) is 0 Å². The second-order valence-corrected chi connectivity index (χ2v) is 5.56. The number of H-pyrrole nitrogens is 1. The molecule has 0 aromatic carbocycles. The van der Waals surface area contributed by atoms with Crippen molar-refractivity contribution in [3.8, 4) is 0 Å². The van der Waals surface area contributed by atoms with Crippen molar-refractivity contribution in [2.75, 3.05) is 23.8 Å². The topological polar surface area (TPSA) is 127 Å². The van der Waals surface area contributed by atoms with Crippen LogP contribution in [-0.2, 0) is 20.9 Å². The molecule has 0 saturated carbocycles. The van der Waals surface area contributed by atoms with E-state index in [4.69, 9.17) is 10.5 Å². The molecule has 0 saturated heterocycles. The van der Waals surface area contributed by atoms with Crippen LogP contribution in [0.15, 0.2) is 9.59 Å². The number of nitrogens with one attached hydrogen (secondary N) is 1. The number of nitrogen functional groups attached to an aromatic ring is 1. The molecule has 9 heteroatoms. The van der Waals surface area contributed by atoms with Crippen LogP contribution in [0.4, 0.5) is 11.5 Å². The van der Waals surface area contributed by atoms with E-state index in [9.17, 15) is 19.2 Å². The molecule has 0 aliphatic rings. The largest absolute Gasteiger partial charge is 0.456 e. The normalized spacial score (nSPS) is 10.5. The van der Waals surface area contributed by atoms with Gasteiger partial charge in [0.1, 0.15) is 5.82 Å². The number of carbonyl (C=O) groups is 2. The van der Waals surface area contributed by atoms with E-state index in [2.05, 4.69) is 4.98 Å². The lowest BCUT2D eigenvalue weighted by Gasteiger charge is -2.24. The number of unbranched alkanes of at least 4 members (excludes halogenated alkanes) is 1. The van der Waals surface area contributed by atoms with E-state index in [1.165, 1.54) is 9.47 Å². The summed E-state index contributed by atoms with van der Waals surface area (Å²) in [5.41, 5.74) is 4.57. The molecule has 1 amide bonds. The van der Waals surface area contributed by atoms with Gasteiger partial charge in [0.15, 0.2) is 12.3 Å². The van der Waals surface area contributed by atoms with Crippen molar-refractivity contribution < 1.29 is 14.3 Å². The predicted molar refractivity (Wildman–Crippen MR) is 94.5 cm³/mol. The molecular weight excluding hydrogens is 328 g/mol. The number of carbonyl (C=O) groups excluding carboxylic acids is 2. The van der Waals surface area contributed by atoms with Gasteiger partial charge in [0.25, 0.3) is 11.5 Å². The summed E-state index contributed by atoms with van der Waals surface area (Å²) in [7, 11) is 0. The number of ether oxygens (including phenoxy) is 1. The van der Waals surface area contributed by atoms with Gasteiger partial charge in [0.2, 0.25) is 0 Å². The van der Waals surface area contributed by atoms with Crippen LogP contribution in [0, 0.1) is 0 Å². The highest BCUT2D eigenvalue weighted by Gasteiger charge is 2.24. The summed E-state index contributed by atoms with van der Waals surface area (Å²) >= 11 is 0. The highest BCUT2D eigenvalue weighted by molar-refractivity contribution is 5.97. The molecule has 140 valence electrons. The summed E-state index contributed by atoms with van der Waals surface area (Å²) in [6.45, 7) is 5.48. The second kappa shape index (κ2) is 9.65. The van der Waals surface area contributed by atoms with E-state index in [1.807, 2.05) is 13.8 Å². The molecule has 1 aromatic heterocycles. The lowest BCUT2D eigenvalue weighted by Crippen LogP contribution is -2.43. The van der Waals surface area contributed by atoms with Crippen molar-refractivity contribution in [1.82, 2.24) is 9.55 Å². The lowest BCUT2D eigenvalue weighted by atomic mass is 10.2. The van der Waals surface area contributed by atoms with E-state index in [1.54, 1.807) is 6.92 Å². The Bertz CT molecular complexity index is 722. The van der Waals surface area contributed by atoms with Gasteiger partial charge in [-0.1, -0.05) is 27.2 Å². The molecule has 0 fully saturated rings. The van der Waals surface area contributed by atoms with Crippen molar-refractivity contribution in [1.29, 1.82) is 0 Å². The van der Waals surface area contributed by atoms with E-state index < -0.39 is 29.7 Å². The Morgan fingerprint density at radius 1 is 1.20 bits per heavy atom. The van der Waals surface area contributed by atoms with Crippen LogP contribution in [0.2, 0.25) is 0 Å². The summed E-state index contributed by atoms with van der Waals surface area (Å²) in [6, 6.07) is 0. The van der Waals surface area contributed by atoms with Crippen LogP contribution in [-0.4, -0.2) is 34.6 Å². The van der Waals surface area contributed by atoms with Gasteiger partial charge in [0, 0.05) is 19.5 Å². The first-order valence-electron chi connectivity index (χ1n) is 8.45. The highest BCUT2D eigenvalue weighted by atomic mass is 16.5. The van der Waals surface area contributed by atoms with Crippen LogP contribution in [0.3, 0.4) is 0 Å². The Balaban J connectivity index is 3.28. The number of anilines is 2. The molecular formula is C16H26N4O5. The number of nitrogens with zero attached hydrogens (tertiary/aromatic N) is 2. The standard InChI is InChI=1S/C16H26N4O5/c1-4-7-9-19(11(21)10-25-12(22)6-3)13-14(17)20(8-5-2)16(24)18-15(13)23/h4-10,17H2,1-3H3,(H,18,23,24). The molecule has 0 aliphatic heterocycles. The second-order valence-electron chi connectivity index (χ2n) is 5.56. The molecule has 25 heavy (non-hydrogen) atoms. The SMILES string of the molecule is CCCCN(C(=O)COC(=O)CC)c1c(N)n(CCC)c(=O)[nH]c1=O. The summed E-state index contributed by atoms with van der Waals surface area (Å²) in [5, 5.41) is 0. The van der Waals surface area contributed by atoms with Gasteiger partial charge in [-0.15, -0.1) is 0 Å². The molecule has 1 aromatic rings. The minimum Gasteiger partial charge on any atom is -0.456 e. The Labute approximate surface area is 145 Å². The Morgan fingerprint density at radius 2 is 1.88 bits per heavy atom. The number of esters is 1. The minimum atomic E-state index is -0.735. The fraction of sp³-hybridized carbons (Fsp3) is 0.625. The third kappa shape index (κ3) is 5.20. The molecule has 9 nitrogen and oxygen atoms in total. The molecule has 0 aliphatic carbocycles. The molecule has 1 heterocycles. The first kappa shape index (κ1) is 20.5. The number of nitrogens with two attached hydrogens (primary N) is 1. The maximum atomic E-state index is 12.5. The summed E-state index contributed by atoms with van der Waals surface area (Å²) in [6.07, 6.45) is 2.18. The van der Waals surface area contributed by atoms with Crippen LogP contribution in [0.1, 0.15) is 46.5 Å². The Hall–Kier alpha value is -2.58. The zero-order valence-corrected chi connectivity index (χ0v) is 15.0.